The van der Waals surface area contributed by atoms with E-state index in [-0.39, 0.29) is 36.7 Å². The van der Waals surface area contributed by atoms with Crippen LogP contribution in [0.3, 0.4) is 0 Å². The average Bonchev–Trinajstić information content (AvgIpc) is 2.96. The molecule has 232 valence electrons. The van der Waals surface area contributed by atoms with Crippen molar-refractivity contribution in [3.63, 3.8) is 0 Å². The zero-order valence-electron chi connectivity index (χ0n) is 23.5. The Hall–Kier alpha value is -3.84. The van der Waals surface area contributed by atoms with Crippen molar-refractivity contribution in [3.05, 3.63) is 77.0 Å². The summed E-state index contributed by atoms with van der Waals surface area (Å²) in [6.07, 6.45) is -8.14. The number of halogens is 6. The van der Waals surface area contributed by atoms with Crippen LogP contribution >= 0.6 is 0 Å². The Kier molecular flexibility index (Phi) is 9.86. The van der Waals surface area contributed by atoms with Crippen LogP contribution in [-0.4, -0.2) is 60.5 Å². The molecule has 0 saturated carbocycles. The Bertz CT molecular complexity index is 1390. The number of aryl methyl sites for hydroxylation is 1. The van der Waals surface area contributed by atoms with Crippen molar-refractivity contribution < 1.29 is 45.7 Å². The number of hydrogen-bond acceptors (Lipinski definition) is 6. The Labute approximate surface area is 244 Å². The molecule has 2 aromatic carbocycles. The molecule has 0 spiro atoms. The lowest BCUT2D eigenvalue weighted by Crippen LogP contribution is -2.37. The van der Waals surface area contributed by atoms with Crippen LogP contribution in [0.5, 0.6) is 5.75 Å². The van der Waals surface area contributed by atoms with Gasteiger partial charge in [0.05, 0.1) is 36.6 Å². The average molecular weight is 612 g/mol. The third-order valence-electron chi connectivity index (χ3n) is 7.08. The SMILES string of the molecule is Cc1ccccc1-c1cc(N2CCC(OCCO)CC2)ncc1OC(=O)N(C)Cc1cc(C(F)(F)F)cc(C(F)(F)F)c1. The van der Waals surface area contributed by atoms with Gasteiger partial charge in [-0.3, -0.25) is 0 Å². The molecule has 2 heterocycles. The van der Waals surface area contributed by atoms with Gasteiger partial charge < -0.3 is 24.4 Å². The number of ether oxygens (including phenoxy) is 2. The number of hydrogen-bond donors (Lipinski definition) is 1. The summed E-state index contributed by atoms with van der Waals surface area (Å²) in [5, 5.41) is 9.00. The van der Waals surface area contributed by atoms with Crippen molar-refractivity contribution in [2.24, 2.45) is 0 Å². The van der Waals surface area contributed by atoms with E-state index in [1.807, 2.05) is 31.2 Å². The Morgan fingerprint density at radius 1 is 1.00 bits per heavy atom. The second-order valence-corrected chi connectivity index (χ2v) is 10.3. The fourth-order valence-electron chi connectivity index (χ4n) is 4.86. The number of aliphatic hydroxyl groups excluding tert-OH is 1. The van der Waals surface area contributed by atoms with Crippen molar-refractivity contribution in [2.45, 2.75) is 44.8 Å². The molecule has 13 heteroatoms. The maximum atomic E-state index is 13.3. The summed E-state index contributed by atoms with van der Waals surface area (Å²) in [4.78, 5) is 20.5. The molecule has 1 fully saturated rings. The normalized spacial score (nSPS) is 14.6. The van der Waals surface area contributed by atoms with E-state index in [0.29, 0.717) is 36.6 Å². The molecule has 0 bridgehead atoms. The molecule has 1 aliphatic heterocycles. The topological polar surface area (TPSA) is 75.1 Å². The van der Waals surface area contributed by atoms with E-state index in [1.165, 1.54) is 13.2 Å². The van der Waals surface area contributed by atoms with Crippen LogP contribution < -0.4 is 9.64 Å². The van der Waals surface area contributed by atoms with Crippen molar-refractivity contribution in [2.75, 3.05) is 38.3 Å². The summed E-state index contributed by atoms with van der Waals surface area (Å²) in [6.45, 7) is 2.83. The van der Waals surface area contributed by atoms with Crippen molar-refractivity contribution >= 4 is 11.9 Å². The quantitative estimate of drug-likeness (QED) is 0.286. The molecular weight excluding hydrogens is 580 g/mol. The lowest BCUT2D eigenvalue weighted by atomic mass is 10.00. The highest BCUT2D eigenvalue weighted by atomic mass is 19.4. The van der Waals surface area contributed by atoms with E-state index in [9.17, 15) is 31.1 Å². The van der Waals surface area contributed by atoms with Crippen molar-refractivity contribution in [1.29, 1.82) is 0 Å². The standard InChI is InChI=1S/C30H31F6N3O4/c1-19-5-3-4-6-24(19)25-16-27(39-9-7-23(8-10-39)42-12-11-40)37-17-26(25)43-28(41)38(2)18-20-13-21(29(31,32)33)15-22(14-20)30(34,35)36/h3-6,13-17,23,40H,7-12,18H2,1-2H3. The highest BCUT2D eigenvalue weighted by molar-refractivity contribution is 5.79. The molecule has 0 atom stereocenters. The number of aromatic nitrogens is 1. The smallest absolute Gasteiger partial charge is 0.408 e. The number of anilines is 1. The molecule has 3 aromatic rings. The van der Waals surface area contributed by atoms with Gasteiger partial charge in [0.1, 0.15) is 5.82 Å². The van der Waals surface area contributed by atoms with Gasteiger partial charge in [0, 0.05) is 32.2 Å². The van der Waals surface area contributed by atoms with Crippen LogP contribution in [0.25, 0.3) is 11.1 Å². The van der Waals surface area contributed by atoms with Crippen LogP contribution in [-0.2, 0) is 23.6 Å². The zero-order valence-corrected chi connectivity index (χ0v) is 23.5. The Morgan fingerprint density at radius 2 is 1.63 bits per heavy atom. The number of amides is 1. The Balaban J connectivity index is 1.57. The van der Waals surface area contributed by atoms with Gasteiger partial charge >= 0.3 is 18.4 Å². The van der Waals surface area contributed by atoms with Crippen molar-refractivity contribution in [3.8, 4) is 16.9 Å². The summed E-state index contributed by atoms with van der Waals surface area (Å²) < 4.78 is 91.0. The minimum absolute atomic E-state index is 0.0269. The number of alkyl halides is 6. The minimum Gasteiger partial charge on any atom is -0.408 e. The molecular formula is C30H31F6N3O4. The van der Waals surface area contributed by atoms with Gasteiger partial charge in [-0.15, -0.1) is 0 Å². The van der Waals surface area contributed by atoms with Gasteiger partial charge in [0.25, 0.3) is 0 Å². The first-order valence-corrected chi connectivity index (χ1v) is 13.5. The summed E-state index contributed by atoms with van der Waals surface area (Å²) >= 11 is 0. The fraction of sp³-hybridized carbons (Fsp3) is 0.400. The number of carbonyl (C=O) groups excluding carboxylic acids is 1. The molecule has 1 saturated heterocycles. The molecule has 1 aliphatic rings. The number of pyridine rings is 1. The number of piperidine rings is 1. The van der Waals surface area contributed by atoms with Gasteiger partial charge in [-0.2, -0.15) is 26.3 Å². The minimum atomic E-state index is -5.01. The van der Waals surface area contributed by atoms with E-state index < -0.39 is 36.1 Å². The van der Waals surface area contributed by atoms with Gasteiger partial charge in [-0.1, -0.05) is 24.3 Å². The molecule has 1 aromatic heterocycles. The van der Waals surface area contributed by atoms with E-state index in [0.717, 1.165) is 28.9 Å². The number of rotatable bonds is 8. The number of nitrogens with zero attached hydrogens (tertiary/aromatic N) is 3. The first-order chi connectivity index (χ1) is 20.3. The number of carbonyl (C=O) groups is 1. The second kappa shape index (κ2) is 13.2. The molecule has 1 N–H and O–H groups in total. The third kappa shape index (κ3) is 8.17. The molecule has 0 unspecified atom stereocenters. The fourth-order valence-corrected chi connectivity index (χ4v) is 4.86. The predicted octanol–water partition coefficient (Wildman–Crippen LogP) is 6.70. The second-order valence-electron chi connectivity index (χ2n) is 10.3. The third-order valence-corrected chi connectivity index (χ3v) is 7.08. The molecule has 4 rings (SSSR count). The maximum Gasteiger partial charge on any atom is 0.416 e. The largest absolute Gasteiger partial charge is 0.416 e. The van der Waals surface area contributed by atoms with Gasteiger partial charge in [0.2, 0.25) is 0 Å². The van der Waals surface area contributed by atoms with E-state index >= 15 is 0 Å². The molecule has 0 radical (unpaired) electrons. The summed E-state index contributed by atoms with van der Waals surface area (Å²) in [5.41, 5.74) is -1.12. The predicted molar refractivity (Wildman–Crippen MR) is 147 cm³/mol. The highest BCUT2D eigenvalue weighted by Crippen LogP contribution is 2.38. The van der Waals surface area contributed by atoms with Gasteiger partial charge in [-0.05, 0) is 60.7 Å². The zero-order chi connectivity index (χ0) is 31.4. The molecule has 1 amide bonds. The monoisotopic (exact) mass is 611 g/mol. The lowest BCUT2D eigenvalue weighted by molar-refractivity contribution is -0.143. The lowest BCUT2D eigenvalue weighted by Gasteiger charge is -2.33. The molecule has 7 nitrogen and oxygen atoms in total. The summed E-state index contributed by atoms with van der Waals surface area (Å²) in [6, 6.07) is 10.3. The van der Waals surface area contributed by atoms with Gasteiger partial charge in [0.15, 0.2) is 5.75 Å². The number of aliphatic hydroxyl groups is 1. The summed E-state index contributed by atoms with van der Waals surface area (Å²) in [5.74, 6) is 0.715. The van der Waals surface area contributed by atoms with E-state index in [1.54, 1.807) is 6.07 Å². The molecule has 0 aliphatic carbocycles. The van der Waals surface area contributed by atoms with Crippen LogP contribution in [0.4, 0.5) is 37.0 Å². The van der Waals surface area contributed by atoms with Crippen molar-refractivity contribution in [1.82, 2.24) is 9.88 Å². The highest BCUT2D eigenvalue weighted by Gasteiger charge is 2.37. The van der Waals surface area contributed by atoms with Crippen LogP contribution in [0.2, 0.25) is 0 Å². The Morgan fingerprint density at radius 3 is 2.21 bits per heavy atom. The first kappa shape index (κ1) is 32.1. The van der Waals surface area contributed by atoms with E-state index in [4.69, 9.17) is 14.6 Å². The van der Waals surface area contributed by atoms with Crippen LogP contribution in [0.1, 0.15) is 35.1 Å². The maximum absolute atomic E-state index is 13.3. The summed E-state index contributed by atoms with van der Waals surface area (Å²) in [7, 11) is 1.22. The number of benzene rings is 2. The van der Waals surface area contributed by atoms with Crippen LogP contribution in [0.15, 0.2) is 54.7 Å². The van der Waals surface area contributed by atoms with E-state index in [2.05, 4.69) is 9.88 Å². The molecule has 43 heavy (non-hydrogen) atoms. The first-order valence-electron chi connectivity index (χ1n) is 13.5. The van der Waals surface area contributed by atoms with Crippen LogP contribution in [0, 0.1) is 6.92 Å². The van der Waals surface area contributed by atoms with Gasteiger partial charge in [-0.25, -0.2) is 9.78 Å².